The molecule has 0 radical (unpaired) electrons. The molecule has 154 valence electrons. The first-order chi connectivity index (χ1) is 14.8. The van der Waals surface area contributed by atoms with Gasteiger partial charge >= 0.3 is 0 Å². The predicted octanol–water partition coefficient (Wildman–Crippen LogP) is 3.77. The van der Waals surface area contributed by atoms with Crippen molar-refractivity contribution >= 4 is 5.96 Å². The third-order valence-corrected chi connectivity index (χ3v) is 5.19. The van der Waals surface area contributed by atoms with Crippen LogP contribution < -0.4 is 10.6 Å². The first kappa shape index (κ1) is 19.9. The topological polar surface area (TPSA) is 67.1 Å². The average molecular weight is 401 g/mol. The summed E-state index contributed by atoms with van der Waals surface area (Å²) in [5.41, 5.74) is 4.82. The van der Waals surface area contributed by atoms with Crippen LogP contribution in [0.25, 0.3) is 11.1 Å². The smallest absolute Gasteiger partial charge is 0.191 e. The van der Waals surface area contributed by atoms with Crippen molar-refractivity contribution in [2.45, 2.75) is 38.9 Å². The lowest BCUT2D eigenvalue weighted by molar-refractivity contribution is 0.633. The van der Waals surface area contributed by atoms with E-state index in [1.165, 1.54) is 22.3 Å². The molecule has 0 unspecified atom stereocenters. The first-order valence-corrected chi connectivity index (χ1v) is 10.5. The fourth-order valence-electron chi connectivity index (χ4n) is 3.64. The summed E-state index contributed by atoms with van der Waals surface area (Å²) < 4.78 is 1.83. The second-order valence-corrected chi connectivity index (χ2v) is 7.43. The van der Waals surface area contributed by atoms with Crippen molar-refractivity contribution in [1.29, 1.82) is 0 Å². The van der Waals surface area contributed by atoms with E-state index in [4.69, 9.17) is 4.99 Å². The van der Waals surface area contributed by atoms with E-state index in [9.17, 15) is 0 Å². The van der Waals surface area contributed by atoms with Gasteiger partial charge in [-0.1, -0.05) is 60.7 Å². The van der Waals surface area contributed by atoms with Crippen LogP contribution in [0.1, 0.15) is 30.9 Å². The maximum atomic E-state index is 4.85. The number of rotatable bonds is 7. The van der Waals surface area contributed by atoms with Gasteiger partial charge in [-0.05, 0) is 42.0 Å². The van der Waals surface area contributed by atoms with Crippen molar-refractivity contribution in [2.24, 2.45) is 4.99 Å². The van der Waals surface area contributed by atoms with Gasteiger partial charge in [0.25, 0.3) is 0 Å². The number of aromatic nitrogens is 3. The molecule has 2 N–H and O–H groups in total. The Morgan fingerprint density at radius 2 is 1.90 bits per heavy atom. The van der Waals surface area contributed by atoms with Gasteiger partial charge in [-0.15, -0.1) is 0 Å². The van der Waals surface area contributed by atoms with E-state index < -0.39 is 0 Å². The summed E-state index contributed by atoms with van der Waals surface area (Å²) in [6.45, 7) is 4.30. The third-order valence-electron chi connectivity index (χ3n) is 5.19. The Kier molecular flexibility index (Phi) is 6.54. The van der Waals surface area contributed by atoms with Crippen LogP contribution in [-0.4, -0.2) is 33.3 Å². The Morgan fingerprint density at radius 3 is 2.63 bits per heavy atom. The fourth-order valence-corrected chi connectivity index (χ4v) is 3.64. The normalized spacial score (nSPS) is 14.2. The van der Waals surface area contributed by atoms with Crippen LogP contribution >= 0.6 is 0 Å². The first-order valence-electron chi connectivity index (χ1n) is 10.5. The second-order valence-electron chi connectivity index (χ2n) is 7.43. The van der Waals surface area contributed by atoms with Crippen molar-refractivity contribution in [1.82, 2.24) is 25.4 Å². The highest BCUT2D eigenvalue weighted by Crippen LogP contribution is 2.25. The van der Waals surface area contributed by atoms with E-state index in [-0.39, 0.29) is 0 Å². The van der Waals surface area contributed by atoms with Crippen LogP contribution in [0.3, 0.4) is 0 Å². The minimum absolute atomic E-state index is 0.440. The van der Waals surface area contributed by atoms with Gasteiger partial charge in [-0.2, -0.15) is 5.10 Å². The molecular formula is C24H28N6. The molecule has 0 aliphatic heterocycles. The standard InChI is InChI=1S/C24H28N6/c1-2-26-24(29-22-8-4-5-9-22)27-15-21-7-3-6-10-23(21)20-13-11-19(12-14-20)16-30-18-25-17-28-30/h3-7,10-14,17-18,22H,2,8-9,15-16H2,1H3,(H2,26,27,29). The van der Waals surface area contributed by atoms with Crippen LogP contribution in [0.15, 0.2) is 78.3 Å². The van der Waals surface area contributed by atoms with Gasteiger partial charge in [0.15, 0.2) is 5.96 Å². The van der Waals surface area contributed by atoms with E-state index in [0.29, 0.717) is 12.6 Å². The van der Waals surface area contributed by atoms with Gasteiger partial charge in [-0.3, -0.25) is 0 Å². The maximum absolute atomic E-state index is 4.85. The van der Waals surface area contributed by atoms with Crippen LogP contribution in [0.5, 0.6) is 0 Å². The zero-order valence-corrected chi connectivity index (χ0v) is 17.3. The minimum atomic E-state index is 0.440. The molecule has 0 saturated heterocycles. The molecule has 6 nitrogen and oxygen atoms in total. The van der Waals surface area contributed by atoms with Crippen LogP contribution in [-0.2, 0) is 13.1 Å². The monoisotopic (exact) mass is 400 g/mol. The summed E-state index contributed by atoms with van der Waals surface area (Å²) in [6.07, 6.45) is 9.86. The lowest BCUT2D eigenvalue weighted by Crippen LogP contribution is -2.42. The minimum Gasteiger partial charge on any atom is -0.357 e. The SMILES string of the molecule is CCNC(=NCc1ccccc1-c1ccc(Cn2cncn2)cc1)NC1CC=CC1. The summed E-state index contributed by atoms with van der Waals surface area (Å²) in [6, 6.07) is 17.6. The summed E-state index contributed by atoms with van der Waals surface area (Å²) >= 11 is 0. The van der Waals surface area contributed by atoms with Gasteiger partial charge in [0.05, 0.1) is 13.1 Å². The number of guanidine groups is 1. The second kappa shape index (κ2) is 9.87. The Balaban J connectivity index is 1.48. The summed E-state index contributed by atoms with van der Waals surface area (Å²) in [5, 5.41) is 11.1. The Morgan fingerprint density at radius 1 is 1.10 bits per heavy atom. The molecule has 30 heavy (non-hydrogen) atoms. The zero-order chi connectivity index (χ0) is 20.6. The molecule has 3 aromatic rings. The highest BCUT2D eigenvalue weighted by Gasteiger charge is 2.12. The third kappa shape index (κ3) is 5.14. The van der Waals surface area contributed by atoms with E-state index in [1.807, 2.05) is 4.68 Å². The quantitative estimate of drug-likeness (QED) is 0.360. The maximum Gasteiger partial charge on any atom is 0.191 e. The van der Waals surface area contributed by atoms with Crippen LogP contribution in [0, 0.1) is 0 Å². The molecule has 1 heterocycles. The summed E-state index contributed by atoms with van der Waals surface area (Å²) in [4.78, 5) is 8.85. The molecular weight excluding hydrogens is 372 g/mol. The van der Waals surface area contributed by atoms with Crippen molar-refractivity contribution in [3.63, 3.8) is 0 Å². The molecule has 4 rings (SSSR count). The summed E-state index contributed by atoms with van der Waals surface area (Å²) in [7, 11) is 0. The van der Waals surface area contributed by atoms with Gasteiger partial charge < -0.3 is 10.6 Å². The van der Waals surface area contributed by atoms with Crippen LogP contribution in [0.2, 0.25) is 0 Å². The molecule has 1 aliphatic carbocycles. The molecule has 0 saturated carbocycles. The van der Waals surface area contributed by atoms with Crippen molar-refractivity contribution in [3.8, 4) is 11.1 Å². The van der Waals surface area contributed by atoms with Gasteiger partial charge in [0, 0.05) is 12.6 Å². The van der Waals surface area contributed by atoms with E-state index in [0.717, 1.165) is 31.9 Å². The molecule has 0 spiro atoms. The van der Waals surface area contributed by atoms with Gasteiger partial charge in [0.1, 0.15) is 12.7 Å². The molecule has 0 atom stereocenters. The number of nitrogens with one attached hydrogen (secondary N) is 2. The van der Waals surface area contributed by atoms with Crippen molar-refractivity contribution in [2.75, 3.05) is 6.54 Å². The lowest BCUT2D eigenvalue weighted by Gasteiger charge is -2.17. The highest BCUT2D eigenvalue weighted by molar-refractivity contribution is 5.80. The number of benzene rings is 2. The molecule has 0 amide bonds. The van der Waals surface area contributed by atoms with Crippen molar-refractivity contribution in [3.05, 3.63) is 84.5 Å². The molecule has 2 aromatic carbocycles. The van der Waals surface area contributed by atoms with Gasteiger partial charge in [0.2, 0.25) is 0 Å². The van der Waals surface area contributed by atoms with Gasteiger partial charge in [-0.25, -0.2) is 14.7 Å². The fraction of sp³-hybridized carbons (Fsp3) is 0.292. The Labute approximate surface area is 177 Å². The molecule has 1 aromatic heterocycles. The Hall–Kier alpha value is -3.41. The number of aliphatic imine (C=N–C) groups is 1. The van der Waals surface area contributed by atoms with E-state index in [2.05, 4.69) is 88.3 Å². The summed E-state index contributed by atoms with van der Waals surface area (Å²) in [5.74, 6) is 0.879. The molecule has 0 fully saturated rings. The number of hydrogen-bond donors (Lipinski definition) is 2. The molecule has 6 heteroatoms. The zero-order valence-electron chi connectivity index (χ0n) is 17.3. The van der Waals surface area contributed by atoms with E-state index >= 15 is 0 Å². The van der Waals surface area contributed by atoms with E-state index in [1.54, 1.807) is 12.7 Å². The Bertz CT molecular complexity index is 981. The molecule has 1 aliphatic rings. The largest absolute Gasteiger partial charge is 0.357 e. The number of nitrogens with zero attached hydrogens (tertiary/aromatic N) is 4. The lowest BCUT2D eigenvalue weighted by atomic mass is 9.98. The van der Waals surface area contributed by atoms with Crippen molar-refractivity contribution < 1.29 is 0 Å². The highest BCUT2D eigenvalue weighted by atomic mass is 15.3. The van der Waals surface area contributed by atoms with Crippen LogP contribution in [0.4, 0.5) is 0 Å². The number of hydrogen-bond acceptors (Lipinski definition) is 3. The average Bonchev–Trinajstić information content (AvgIpc) is 3.47. The predicted molar refractivity (Wildman–Crippen MR) is 121 cm³/mol. The molecule has 0 bridgehead atoms.